The van der Waals surface area contributed by atoms with Gasteiger partial charge in [-0.15, -0.1) is 20.2 Å². The first-order chi connectivity index (χ1) is 21.4. The van der Waals surface area contributed by atoms with E-state index >= 15 is 0 Å². The summed E-state index contributed by atoms with van der Waals surface area (Å²) < 4.78 is 36.1. The van der Waals surface area contributed by atoms with Crippen molar-refractivity contribution < 1.29 is 37.8 Å². The van der Waals surface area contributed by atoms with Crippen molar-refractivity contribution in [3.8, 4) is 17.1 Å². The van der Waals surface area contributed by atoms with Gasteiger partial charge in [0, 0.05) is 25.7 Å². The second kappa shape index (κ2) is 14.0. The number of benzene rings is 1. The highest BCUT2D eigenvalue weighted by molar-refractivity contribution is 7.89. The topological polar surface area (TPSA) is 219 Å². The Hall–Kier alpha value is -4.58. The Morgan fingerprint density at radius 3 is 2.47 bits per heavy atom. The van der Waals surface area contributed by atoms with Gasteiger partial charge in [0.25, 0.3) is 15.7 Å². The van der Waals surface area contributed by atoms with Gasteiger partial charge >= 0.3 is 0 Å². The molecule has 3 aromatic rings. The van der Waals surface area contributed by atoms with Gasteiger partial charge in [-0.3, -0.25) is 9.59 Å². The van der Waals surface area contributed by atoms with E-state index in [4.69, 9.17) is 4.74 Å². The van der Waals surface area contributed by atoms with Crippen LogP contribution in [-0.4, -0.2) is 76.1 Å². The van der Waals surface area contributed by atoms with Gasteiger partial charge < -0.3 is 24.0 Å². The molecule has 4 rings (SSSR count). The average molecular weight is 651 g/mol. The molecular weight excluding hydrogens is 616 g/mol. The molecule has 1 aromatic carbocycles. The number of nitrogens with one attached hydrogen (secondary N) is 1. The summed E-state index contributed by atoms with van der Waals surface area (Å²) in [5.41, 5.74) is 1.23. The van der Waals surface area contributed by atoms with Crippen LogP contribution in [0.2, 0.25) is 0 Å². The number of ether oxygens (including phenoxy) is 1. The first-order valence-corrected chi connectivity index (χ1v) is 15.8. The molecule has 1 fully saturated rings. The number of hydrogen-bond acceptors (Lipinski definition) is 12. The Morgan fingerprint density at radius 2 is 1.87 bits per heavy atom. The second-order valence-electron chi connectivity index (χ2n) is 10.5. The van der Waals surface area contributed by atoms with Crippen molar-refractivity contribution in [2.45, 2.75) is 57.0 Å². The van der Waals surface area contributed by atoms with E-state index in [-0.39, 0.29) is 47.7 Å². The van der Waals surface area contributed by atoms with Crippen LogP contribution >= 0.6 is 0 Å². The van der Waals surface area contributed by atoms with Gasteiger partial charge in [0.1, 0.15) is 35.3 Å². The predicted molar refractivity (Wildman–Crippen MR) is 158 cm³/mol. The minimum atomic E-state index is -4.11. The van der Waals surface area contributed by atoms with Crippen LogP contribution in [0.3, 0.4) is 0 Å². The van der Waals surface area contributed by atoms with Crippen LogP contribution in [0.15, 0.2) is 27.9 Å². The molecule has 0 saturated carbocycles. The molecule has 0 radical (unpaired) electrons. The molecule has 0 unspecified atom stereocenters. The lowest BCUT2D eigenvalue weighted by Gasteiger charge is -2.34. The van der Waals surface area contributed by atoms with Gasteiger partial charge in [0.15, 0.2) is 6.29 Å². The summed E-state index contributed by atoms with van der Waals surface area (Å²) in [4.78, 5) is 62.9. The maximum atomic E-state index is 13.8. The van der Waals surface area contributed by atoms with Gasteiger partial charge in [0.2, 0.25) is 10.0 Å². The zero-order chi connectivity index (χ0) is 32.9. The van der Waals surface area contributed by atoms with Crippen LogP contribution in [0.1, 0.15) is 55.6 Å². The molecule has 1 saturated heterocycles. The number of aldehydes is 1. The van der Waals surface area contributed by atoms with Crippen LogP contribution in [0, 0.1) is 26.1 Å². The van der Waals surface area contributed by atoms with Gasteiger partial charge in [-0.2, -0.15) is 4.31 Å². The highest BCUT2D eigenvalue weighted by Crippen LogP contribution is 2.34. The Balaban J connectivity index is 1.70. The number of H-pyrrole nitrogens is 1. The summed E-state index contributed by atoms with van der Waals surface area (Å²) in [6.45, 7) is 3.42. The van der Waals surface area contributed by atoms with E-state index in [0.717, 1.165) is 0 Å². The molecule has 18 heteroatoms. The molecule has 0 aliphatic carbocycles. The molecule has 3 heterocycles. The highest BCUT2D eigenvalue weighted by atomic mass is 32.2. The summed E-state index contributed by atoms with van der Waals surface area (Å²) in [7, 11) is -2.50. The molecule has 1 N–H and O–H groups in total. The van der Waals surface area contributed by atoms with Crippen molar-refractivity contribution in [3.63, 3.8) is 0 Å². The van der Waals surface area contributed by atoms with Gasteiger partial charge in [-0.1, -0.05) is 20.3 Å². The van der Waals surface area contributed by atoms with Crippen LogP contribution in [-0.2, 0) is 33.2 Å². The molecule has 17 nitrogen and oxygen atoms in total. The number of aromatic nitrogens is 3. The number of piperidine rings is 1. The van der Waals surface area contributed by atoms with E-state index in [1.165, 1.54) is 27.1 Å². The first kappa shape index (κ1) is 33.3. The highest BCUT2D eigenvalue weighted by Gasteiger charge is 2.35. The minimum Gasteiger partial charge on any atom is -0.493 e. The van der Waals surface area contributed by atoms with E-state index in [1.54, 1.807) is 7.05 Å². The third-order valence-electron chi connectivity index (χ3n) is 7.69. The smallest absolute Gasteiger partial charge is 0.294 e. The minimum absolute atomic E-state index is 0.0354. The third-order valence-corrected chi connectivity index (χ3v) is 9.59. The zero-order valence-corrected chi connectivity index (χ0v) is 25.8. The number of carbonyl (C=O) groups is 1. The van der Waals surface area contributed by atoms with E-state index in [1.807, 2.05) is 13.8 Å². The van der Waals surface area contributed by atoms with Crippen LogP contribution in [0.5, 0.6) is 5.75 Å². The molecule has 0 amide bonds. The molecule has 1 aliphatic heterocycles. The van der Waals surface area contributed by atoms with E-state index in [9.17, 15) is 38.2 Å². The van der Waals surface area contributed by atoms with Crippen molar-refractivity contribution >= 4 is 27.3 Å². The maximum Gasteiger partial charge on any atom is 0.294 e. The van der Waals surface area contributed by atoms with Crippen LogP contribution < -0.4 is 10.3 Å². The van der Waals surface area contributed by atoms with Crippen molar-refractivity contribution in [2.24, 2.45) is 13.0 Å². The number of hydrogen-bond donors (Lipinski definition) is 1. The third kappa shape index (κ3) is 7.06. The number of sulfonamides is 1. The molecule has 0 bridgehead atoms. The summed E-state index contributed by atoms with van der Waals surface area (Å²) in [6, 6.07) is 4.23. The van der Waals surface area contributed by atoms with E-state index < -0.39 is 44.4 Å². The Kier molecular flexibility index (Phi) is 10.4. The lowest BCUT2D eigenvalue weighted by Crippen LogP contribution is -2.43. The fourth-order valence-corrected chi connectivity index (χ4v) is 7.03. The number of rotatable bonds is 15. The molecule has 1 atom stereocenters. The fourth-order valence-electron chi connectivity index (χ4n) is 5.53. The SMILES string of the molecule is CCCOc1ccc(S(=O)(=O)N2CCC([C@@H](CO[N+](=O)[O-])O[N+](=O)[O-])CC2)cc1-c1nc2c(CCC)c(C=O)n(C)c2c(=O)[nH]1. The number of fused-ring (bicyclic) bond motifs is 1. The number of aromatic amines is 1. The molecular formula is C27H34N6O11S. The van der Waals surface area contributed by atoms with Gasteiger partial charge in [0.05, 0.1) is 22.8 Å². The first-order valence-electron chi connectivity index (χ1n) is 14.3. The normalized spacial score (nSPS) is 15.1. The molecule has 45 heavy (non-hydrogen) atoms. The lowest BCUT2D eigenvalue weighted by molar-refractivity contribution is -0.791. The summed E-state index contributed by atoms with van der Waals surface area (Å²) in [5.74, 6) is -0.200. The maximum absolute atomic E-state index is 13.8. The summed E-state index contributed by atoms with van der Waals surface area (Å²) >= 11 is 0. The monoisotopic (exact) mass is 650 g/mol. The molecule has 2 aromatic heterocycles. The van der Waals surface area contributed by atoms with Crippen molar-refractivity contribution in [2.75, 3.05) is 26.3 Å². The molecule has 0 spiro atoms. The Labute approximate surface area is 257 Å². The fraction of sp³-hybridized carbons (Fsp3) is 0.519. The number of carbonyl (C=O) groups excluding carboxylic acids is 1. The van der Waals surface area contributed by atoms with Crippen molar-refractivity contribution in [3.05, 3.63) is 60.0 Å². The zero-order valence-electron chi connectivity index (χ0n) is 25.0. The van der Waals surface area contributed by atoms with Crippen LogP contribution in [0.25, 0.3) is 22.4 Å². The van der Waals surface area contributed by atoms with Crippen molar-refractivity contribution in [1.29, 1.82) is 0 Å². The predicted octanol–water partition coefficient (Wildman–Crippen LogP) is 2.67. The summed E-state index contributed by atoms with van der Waals surface area (Å²) in [5, 5.41) is 19.4. The Morgan fingerprint density at radius 1 is 1.16 bits per heavy atom. The summed E-state index contributed by atoms with van der Waals surface area (Å²) in [6.07, 6.45) is 1.54. The van der Waals surface area contributed by atoms with Gasteiger partial charge in [-0.25, -0.2) is 13.4 Å². The standard InChI is InChI=1S/C27H34N6O11S/c1-4-6-19-21(15-34)30(3)25-24(19)28-26(29-27(25)35)20-14-18(7-8-22(20)42-13-5-2)45(40,41)31-11-9-17(10-12-31)23(44-33(38)39)16-43-32(36)37/h7-8,14-15,17,23H,4-6,9-13,16H2,1-3H3,(H,28,29,35)/t23-/m1/s1. The quantitative estimate of drug-likeness (QED) is 0.143. The van der Waals surface area contributed by atoms with Gasteiger partial charge in [-0.05, 0) is 49.8 Å². The second-order valence-corrected chi connectivity index (χ2v) is 12.5. The lowest BCUT2D eigenvalue weighted by atomic mass is 9.92. The molecule has 1 aliphatic rings. The largest absolute Gasteiger partial charge is 0.493 e. The Bertz CT molecular complexity index is 1750. The van der Waals surface area contributed by atoms with E-state index in [0.29, 0.717) is 54.7 Å². The van der Waals surface area contributed by atoms with Crippen LogP contribution in [0.4, 0.5) is 0 Å². The average Bonchev–Trinajstić information content (AvgIpc) is 3.28. The number of aryl methyl sites for hydroxylation is 2. The molecule has 244 valence electrons. The van der Waals surface area contributed by atoms with Crippen molar-refractivity contribution in [1.82, 2.24) is 18.8 Å². The number of nitrogens with zero attached hydrogens (tertiary/aromatic N) is 5. The van der Waals surface area contributed by atoms with E-state index in [2.05, 4.69) is 19.6 Å².